The van der Waals surface area contributed by atoms with E-state index in [2.05, 4.69) is 28.3 Å². The third-order valence-corrected chi connectivity index (χ3v) is 4.46. The van der Waals surface area contributed by atoms with Crippen LogP contribution in [0.1, 0.15) is 37.4 Å². The zero-order chi connectivity index (χ0) is 16.4. The van der Waals surface area contributed by atoms with Crippen LogP contribution >= 0.6 is 11.6 Å². The highest BCUT2D eigenvalue weighted by atomic mass is 35.5. The summed E-state index contributed by atoms with van der Waals surface area (Å²) in [5.41, 5.74) is 0.838. The second kappa shape index (κ2) is 6.99. The molecule has 0 N–H and O–H groups in total. The van der Waals surface area contributed by atoms with Crippen molar-refractivity contribution >= 4 is 11.6 Å². The Balaban J connectivity index is 1.72. The number of morpholine rings is 1. The molecule has 0 saturated carbocycles. The van der Waals surface area contributed by atoms with Crippen LogP contribution in [0.15, 0.2) is 30.6 Å². The second-order valence-electron chi connectivity index (χ2n) is 6.10. The van der Waals surface area contributed by atoms with Crippen molar-refractivity contribution in [3.05, 3.63) is 52.8 Å². The summed E-state index contributed by atoms with van der Waals surface area (Å²) in [6, 6.07) is 4.86. The van der Waals surface area contributed by atoms with Crippen molar-refractivity contribution < 1.29 is 9.13 Å². The fourth-order valence-corrected chi connectivity index (χ4v) is 3.22. The minimum Gasteiger partial charge on any atom is -0.371 e. The number of imidazole rings is 1. The van der Waals surface area contributed by atoms with Crippen LogP contribution in [0.25, 0.3) is 0 Å². The maximum Gasteiger partial charge on any atom is 0.124 e. The third kappa shape index (κ3) is 3.74. The molecule has 1 saturated heterocycles. The lowest BCUT2D eigenvalue weighted by Crippen LogP contribution is -2.38. The molecule has 0 spiro atoms. The highest BCUT2D eigenvalue weighted by Crippen LogP contribution is 2.29. The van der Waals surface area contributed by atoms with E-state index >= 15 is 0 Å². The maximum absolute atomic E-state index is 13.2. The zero-order valence-electron chi connectivity index (χ0n) is 13.4. The van der Waals surface area contributed by atoms with E-state index in [0.29, 0.717) is 17.7 Å². The molecule has 1 fully saturated rings. The average molecular weight is 338 g/mol. The van der Waals surface area contributed by atoms with Crippen LogP contribution in [0.4, 0.5) is 4.39 Å². The van der Waals surface area contributed by atoms with E-state index in [-0.39, 0.29) is 11.9 Å². The first kappa shape index (κ1) is 16.4. The minimum absolute atomic E-state index is 0.140. The Morgan fingerprint density at radius 2 is 2.26 bits per heavy atom. The van der Waals surface area contributed by atoms with Gasteiger partial charge in [-0.05, 0) is 26.0 Å². The fraction of sp³-hybridized carbons (Fsp3) is 0.471. The number of rotatable bonds is 4. The SMILES string of the molecule is CC(C)n1ccnc1CN1CCOC(c2ccc(F)cc2Cl)C1. The number of ether oxygens (including phenoxy) is 1. The topological polar surface area (TPSA) is 30.3 Å². The van der Waals surface area contributed by atoms with Crippen LogP contribution in [0.5, 0.6) is 0 Å². The van der Waals surface area contributed by atoms with E-state index in [1.807, 2.05) is 12.4 Å². The van der Waals surface area contributed by atoms with E-state index in [1.165, 1.54) is 12.1 Å². The lowest BCUT2D eigenvalue weighted by molar-refractivity contribution is -0.0339. The van der Waals surface area contributed by atoms with Gasteiger partial charge in [0.15, 0.2) is 0 Å². The molecule has 1 aliphatic heterocycles. The first-order chi connectivity index (χ1) is 11.0. The van der Waals surface area contributed by atoms with Crippen LogP contribution in [-0.2, 0) is 11.3 Å². The Labute approximate surface area is 140 Å². The van der Waals surface area contributed by atoms with Gasteiger partial charge in [-0.1, -0.05) is 17.7 Å². The molecular formula is C17H21ClFN3O. The molecule has 0 aliphatic carbocycles. The van der Waals surface area contributed by atoms with Crippen LogP contribution in [0.3, 0.4) is 0 Å². The highest BCUT2D eigenvalue weighted by molar-refractivity contribution is 6.31. The van der Waals surface area contributed by atoms with Gasteiger partial charge < -0.3 is 9.30 Å². The summed E-state index contributed by atoms with van der Waals surface area (Å²) < 4.78 is 21.2. The van der Waals surface area contributed by atoms with Gasteiger partial charge in [-0.2, -0.15) is 0 Å². The summed E-state index contributed by atoms with van der Waals surface area (Å²) in [5, 5.41) is 0.417. The molecule has 124 valence electrons. The van der Waals surface area contributed by atoms with E-state index in [4.69, 9.17) is 16.3 Å². The summed E-state index contributed by atoms with van der Waals surface area (Å²) in [6.45, 7) is 7.25. The van der Waals surface area contributed by atoms with Crippen molar-refractivity contribution in [1.29, 1.82) is 0 Å². The van der Waals surface area contributed by atoms with Crippen molar-refractivity contribution in [2.75, 3.05) is 19.7 Å². The molecule has 3 rings (SSSR count). The van der Waals surface area contributed by atoms with Crippen LogP contribution in [0.2, 0.25) is 5.02 Å². The molecule has 1 atom stereocenters. The molecule has 2 heterocycles. The van der Waals surface area contributed by atoms with Gasteiger partial charge >= 0.3 is 0 Å². The molecule has 23 heavy (non-hydrogen) atoms. The van der Waals surface area contributed by atoms with Crippen molar-refractivity contribution in [3.8, 4) is 0 Å². The Hall–Kier alpha value is -1.43. The highest BCUT2D eigenvalue weighted by Gasteiger charge is 2.25. The Kier molecular flexibility index (Phi) is 4.99. The Bertz CT molecular complexity index is 674. The van der Waals surface area contributed by atoms with Gasteiger partial charge in [0.25, 0.3) is 0 Å². The molecule has 1 aromatic carbocycles. The molecule has 0 bridgehead atoms. The van der Waals surface area contributed by atoms with E-state index in [0.717, 1.165) is 31.0 Å². The molecule has 1 unspecified atom stereocenters. The smallest absolute Gasteiger partial charge is 0.124 e. The number of nitrogens with zero attached hydrogens (tertiary/aromatic N) is 3. The van der Waals surface area contributed by atoms with Gasteiger partial charge in [-0.15, -0.1) is 0 Å². The Morgan fingerprint density at radius 1 is 1.43 bits per heavy atom. The van der Waals surface area contributed by atoms with Gasteiger partial charge in [0.2, 0.25) is 0 Å². The summed E-state index contributed by atoms with van der Waals surface area (Å²) in [6.07, 6.45) is 3.71. The molecule has 4 nitrogen and oxygen atoms in total. The van der Waals surface area contributed by atoms with Gasteiger partial charge in [0, 0.05) is 42.1 Å². The first-order valence-corrected chi connectivity index (χ1v) is 8.23. The maximum atomic E-state index is 13.2. The molecule has 6 heteroatoms. The number of hydrogen-bond donors (Lipinski definition) is 0. The normalized spacial score (nSPS) is 19.4. The monoisotopic (exact) mass is 337 g/mol. The molecular weight excluding hydrogens is 317 g/mol. The van der Waals surface area contributed by atoms with Crippen molar-refractivity contribution in [2.45, 2.75) is 32.5 Å². The zero-order valence-corrected chi connectivity index (χ0v) is 14.1. The van der Waals surface area contributed by atoms with Crippen molar-refractivity contribution in [3.63, 3.8) is 0 Å². The fourth-order valence-electron chi connectivity index (χ4n) is 2.93. The number of hydrogen-bond acceptors (Lipinski definition) is 3. The quantitative estimate of drug-likeness (QED) is 0.849. The van der Waals surface area contributed by atoms with Crippen LogP contribution in [-0.4, -0.2) is 34.1 Å². The molecule has 0 radical (unpaired) electrons. The van der Waals surface area contributed by atoms with E-state index < -0.39 is 0 Å². The van der Waals surface area contributed by atoms with Gasteiger partial charge in [-0.3, -0.25) is 4.90 Å². The molecule has 1 aromatic heterocycles. The van der Waals surface area contributed by atoms with Gasteiger partial charge in [0.05, 0.1) is 19.3 Å². The summed E-state index contributed by atoms with van der Waals surface area (Å²) >= 11 is 6.17. The first-order valence-electron chi connectivity index (χ1n) is 7.85. The average Bonchev–Trinajstić information content (AvgIpc) is 2.96. The predicted molar refractivity (Wildman–Crippen MR) is 88.0 cm³/mol. The number of aromatic nitrogens is 2. The summed E-state index contributed by atoms with van der Waals surface area (Å²) in [4.78, 5) is 6.76. The Morgan fingerprint density at radius 3 is 3.00 bits per heavy atom. The molecule has 2 aromatic rings. The number of benzene rings is 1. The van der Waals surface area contributed by atoms with Crippen molar-refractivity contribution in [2.24, 2.45) is 0 Å². The minimum atomic E-state index is -0.328. The number of halogens is 2. The van der Waals surface area contributed by atoms with Gasteiger partial charge in [-0.25, -0.2) is 9.37 Å². The molecule has 0 amide bonds. The standard InChI is InChI=1S/C17H21ClFN3O/c1-12(2)22-6-5-20-17(22)11-21-7-8-23-16(10-21)14-4-3-13(19)9-15(14)18/h3-6,9,12,16H,7-8,10-11H2,1-2H3. The largest absolute Gasteiger partial charge is 0.371 e. The van der Waals surface area contributed by atoms with E-state index in [9.17, 15) is 4.39 Å². The predicted octanol–water partition coefficient (Wildman–Crippen LogP) is 3.83. The van der Waals surface area contributed by atoms with Crippen LogP contribution < -0.4 is 0 Å². The van der Waals surface area contributed by atoms with Crippen molar-refractivity contribution in [1.82, 2.24) is 14.5 Å². The summed E-state index contributed by atoms with van der Waals surface area (Å²) in [7, 11) is 0. The van der Waals surface area contributed by atoms with Gasteiger partial charge in [0.1, 0.15) is 11.6 Å². The van der Waals surface area contributed by atoms with Crippen LogP contribution in [0, 0.1) is 5.82 Å². The lowest BCUT2D eigenvalue weighted by Gasteiger charge is -2.33. The lowest BCUT2D eigenvalue weighted by atomic mass is 10.1. The summed E-state index contributed by atoms with van der Waals surface area (Å²) in [5.74, 6) is 0.719. The second-order valence-corrected chi connectivity index (χ2v) is 6.51. The third-order valence-electron chi connectivity index (χ3n) is 4.13. The van der Waals surface area contributed by atoms with E-state index in [1.54, 1.807) is 6.07 Å². The molecule has 1 aliphatic rings.